The van der Waals surface area contributed by atoms with E-state index in [-0.39, 0.29) is 16.5 Å². The molecule has 0 atom stereocenters. The number of hydrogen-bond donors (Lipinski definition) is 0. The van der Waals surface area contributed by atoms with Crippen LogP contribution in [0.2, 0.25) is 5.02 Å². The van der Waals surface area contributed by atoms with Gasteiger partial charge in [-0.1, -0.05) is 70.0 Å². The molecule has 0 radical (unpaired) electrons. The molecule has 1 rings (SSSR count). The zero-order valence-corrected chi connectivity index (χ0v) is 15.2. The van der Waals surface area contributed by atoms with Gasteiger partial charge in [-0.2, -0.15) is 0 Å². The fourth-order valence-corrected chi connectivity index (χ4v) is 2.79. The summed E-state index contributed by atoms with van der Waals surface area (Å²) in [7, 11) is 0. The highest BCUT2D eigenvalue weighted by molar-refractivity contribution is 6.31. The number of amides is 1. The van der Waals surface area contributed by atoms with Crippen LogP contribution in [-0.2, 0) is 0 Å². The molecule has 130 valence electrons. The highest BCUT2D eigenvalue weighted by Crippen LogP contribution is 2.20. The van der Waals surface area contributed by atoms with E-state index in [0.29, 0.717) is 13.1 Å². The third kappa shape index (κ3) is 6.90. The predicted octanol–water partition coefficient (Wildman–Crippen LogP) is 6.08. The van der Waals surface area contributed by atoms with E-state index in [0.717, 1.165) is 38.5 Å². The quantitative estimate of drug-likeness (QED) is 0.446. The van der Waals surface area contributed by atoms with Gasteiger partial charge in [0.1, 0.15) is 0 Å². The fraction of sp³-hybridized carbons (Fsp3) is 0.632. The summed E-state index contributed by atoms with van der Waals surface area (Å²) in [5.74, 6) is -0.843. The van der Waals surface area contributed by atoms with Gasteiger partial charge in [0, 0.05) is 13.1 Å². The van der Waals surface area contributed by atoms with E-state index in [9.17, 15) is 9.18 Å². The van der Waals surface area contributed by atoms with Crippen molar-refractivity contribution >= 4 is 17.5 Å². The van der Waals surface area contributed by atoms with Crippen LogP contribution in [0.3, 0.4) is 0 Å². The first-order valence-electron chi connectivity index (χ1n) is 8.85. The van der Waals surface area contributed by atoms with Crippen molar-refractivity contribution in [2.24, 2.45) is 0 Å². The Hall–Kier alpha value is -1.09. The van der Waals surface area contributed by atoms with Crippen LogP contribution in [0.25, 0.3) is 0 Å². The van der Waals surface area contributed by atoms with E-state index in [1.807, 2.05) is 0 Å². The van der Waals surface area contributed by atoms with Gasteiger partial charge in [-0.15, -0.1) is 0 Å². The summed E-state index contributed by atoms with van der Waals surface area (Å²) < 4.78 is 14.1. The maximum atomic E-state index is 14.1. The lowest BCUT2D eigenvalue weighted by molar-refractivity contribution is 0.0744. The Balaban J connectivity index is 2.71. The van der Waals surface area contributed by atoms with Crippen LogP contribution in [0.5, 0.6) is 0 Å². The number of carbonyl (C=O) groups is 1. The van der Waals surface area contributed by atoms with Crippen molar-refractivity contribution in [1.29, 1.82) is 0 Å². The molecule has 0 N–H and O–H groups in total. The molecule has 2 nitrogen and oxygen atoms in total. The first kappa shape index (κ1) is 20.0. The van der Waals surface area contributed by atoms with Crippen LogP contribution < -0.4 is 0 Å². The smallest absolute Gasteiger partial charge is 0.256 e. The highest BCUT2D eigenvalue weighted by Gasteiger charge is 2.20. The fourth-order valence-electron chi connectivity index (χ4n) is 2.61. The highest BCUT2D eigenvalue weighted by atomic mass is 35.5. The first-order valence-corrected chi connectivity index (χ1v) is 9.22. The molecule has 0 aliphatic rings. The Labute approximate surface area is 145 Å². The summed E-state index contributed by atoms with van der Waals surface area (Å²) in [6.07, 6.45) is 8.80. The number of halogens is 2. The standard InChI is InChI=1S/C19H29ClFNO/c1-3-5-7-9-14-22(15-10-8-6-4-2)19(23)16-12-11-13-17(20)18(16)21/h11-13H,3-10,14-15H2,1-2H3. The number of rotatable bonds is 11. The summed E-state index contributed by atoms with van der Waals surface area (Å²) in [5.41, 5.74) is 0.0866. The zero-order chi connectivity index (χ0) is 17.1. The monoisotopic (exact) mass is 341 g/mol. The largest absolute Gasteiger partial charge is 0.339 e. The van der Waals surface area contributed by atoms with E-state index in [4.69, 9.17) is 11.6 Å². The Morgan fingerprint density at radius 3 is 2.09 bits per heavy atom. The maximum Gasteiger partial charge on any atom is 0.256 e. The van der Waals surface area contributed by atoms with Gasteiger partial charge >= 0.3 is 0 Å². The number of nitrogens with zero attached hydrogens (tertiary/aromatic N) is 1. The van der Waals surface area contributed by atoms with Crippen molar-refractivity contribution in [2.45, 2.75) is 65.2 Å². The minimum Gasteiger partial charge on any atom is -0.339 e. The Kier molecular flexibility index (Phi) is 9.93. The number of benzene rings is 1. The second-order valence-electron chi connectivity index (χ2n) is 6.01. The van der Waals surface area contributed by atoms with E-state index >= 15 is 0 Å². The van der Waals surface area contributed by atoms with Gasteiger partial charge in [0.25, 0.3) is 5.91 Å². The third-order valence-electron chi connectivity index (χ3n) is 4.03. The van der Waals surface area contributed by atoms with Gasteiger partial charge in [0.05, 0.1) is 10.6 Å². The number of unbranched alkanes of at least 4 members (excludes halogenated alkanes) is 6. The molecule has 0 saturated carbocycles. The van der Waals surface area contributed by atoms with Crippen LogP contribution in [0.1, 0.15) is 75.6 Å². The van der Waals surface area contributed by atoms with Crippen molar-refractivity contribution in [3.63, 3.8) is 0 Å². The third-order valence-corrected chi connectivity index (χ3v) is 4.32. The molecule has 0 aliphatic heterocycles. The van der Waals surface area contributed by atoms with E-state index < -0.39 is 5.82 Å². The first-order chi connectivity index (χ1) is 11.1. The molecule has 0 fully saturated rings. The van der Waals surface area contributed by atoms with Crippen LogP contribution >= 0.6 is 11.6 Å². The average molecular weight is 342 g/mol. The summed E-state index contributed by atoms with van der Waals surface area (Å²) in [6.45, 7) is 5.71. The molecule has 0 spiro atoms. The zero-order valence-electron chi connectivity index (χ0n) is 14.4. The van der Waals surface area contributed by atoms with Crippen molar-refractivity contribution < 1.29 is 9.18 Å². The molecule has 1 amide bonds. The van der Waals surface area contributed by atoms with Crippen LogP contribution in [0, 0.1) is 5.82 Å². The number of hydrogen-bond acceptors (Lipinski definition) is 1. The summed E-state index contributed by atoms with van der Waals surface area (Å²) in [5, 5.41) is 0.00719. The topological polar surface area (TPSA) is 20.3 Å². The SMILES string of the molecule is CCCCCCN(CCCCCC)C(=O)c1cccc(Cl)c1F. The molecule has 0 unspecified atom stereocenters. The molecule has 0 heterocycles. The second-order valence-corrected chi connectivity index (χ2v) is 6.42. The lowest BCUT2D eigenvalue weighted by Crippen LogP contribution is -2.33. The molecular weight excluding hydrogens is 313 g/mol. The van der Waals surface area contributed by atoms with Crippen molar-refractivity contribution in [2.75, 3.05) is 13.1 Å². The van der Waals surface area contributed by atoms with Crippen molar-refractivity contribution in [3.8, 4) is 0 Å². The van der Waals surface area contributed by atoms with Gasteiger partial charge in [-0.25, -0.2) is 4.39 Å². The van der Waals surface area contributed by atoms with Crippen LogP contribution in [0.15, 0.2) is 18.2 Å². The molecular formula is C19H29ClFNO. The van der Waals surface area contributed by atoms with Gasteiger partial charge in [0.2, 0.25) is 0 Å². The molecule has 1 aromatic rings. The normalized spacial score (nSPS) is 10.8. The molecule has 0 saturated heterocycles. The Bertz CT molecular complexity index is 466. The van der Waals surface area contributed by atoms with Crippen molar-refractivity contribution in [1.82, 2.24) is 4.90 Å². The van der Waals surface area contributed by atoms with Gasteiger partial charge < -0.3 is 4.90 Å². The van der Waals surface area contributed by atoms with E-state index in [1.165, 1.54) is 25.0 Å². The molecule has 23 heavy (non-hydrogen) atoms. The molecule has 0 aliphatic carbocycles. The summed E-state index contributed by atoms with van der Waals surface area (Å²) >= 11 is 5.81. The van der Waals surface area contributed by atoms with Crippen LogP contribution in [-0.4, -0.2) is 23.9 Å². The van der Waals surface area contributed by atoms with Gasteiger partial charge in [0.15, 0.2) is 5.82 Å². The molecule has 1 aromatic carbocycles. The second kappa shape index (κ2) is 11.4. The van der Waals surface area contributed by atoms with Crippen LogP contribution in [0.4, 0.5) is 4.39 Å². The van der Waals surface area contributed by atoms with E-state index in [2.05, 4.69) is 13.8 Å². The maximum absolute atomic E-state index is 14.1. The van der Waals surface area contributed by atoms with Gasteiger partial charge in [-0.05, 0) is 25.0 Å². The predicted molar refractivity (Wildman–Crippen MR) is 95.6 cm³/mol. The minimum absolute atomic E-state index is 0.00719. The molecule has 0 bridgehead atoms. The minimum atomic E-state index is -0.605. The summed E-state index contributed by atoms with van der Waals surface area (Å²) in [6, 6.07) is 4.63. The Morgan fingerprint density at radius 1 is 1.00 bits per heavy atom. The number of carbonyl (C=O) groups excluding carboxylic acids is 1. The summed E-state index contributed by atoms with van der Waals surface area (Å²) in [4.78, 5) is 14.5. The lowest BCUT2D eigenvalue weighted by Gasteiger charge is -2.23. The average Bonchev–Trinajstić information content (AvgIpc) is 2.55. The Morgan fingerprint density at radius 2 is 1.57 bits per heavy atom. The van der Waals surface area contributed by atoms with Gasteiger partial charge in [-0.3, -0.25) is 4.79 Å². The molecule has 4 heteroatoms. The van der Waals surface area contributed by atoms with E-state index in [1.54, 1.807) is 11.0 Å². The van der Waals surface area contributed by atoms with Crippen molar-refractivity contribution in [3.05, 3.63) is 34.6 Å². The lowest BCUT2D eigenvalue weighted by atomic mass is 10.1. The molecule has 0 aromatic heterocycles.